The molecule has 6 aromatic rings. The minimum Gasteiger partial charge on any atom is -0.453 e. The van der Waals surface area contributed by atoms with Gasteiger partial charge in [0.1, 0.15) is 28.8 Å². The van der Waals surface area contributed by atoms with Crippen LogP contribution in [-0.2, 0) is 19.1 Å². The van der Waals surface area contributed by atoms with E-state index in [4.69, 9.17) is 19.4 Å². The number of alkyl carbamates (subject to hydrolysis) is 2. The van der Waals surface area contributed by atoms with E-state index in [2.05, 4.69) is 84.3 Å². The molecule has 0 aliphatic carbocycles. The average molecular weight is 949 g/mol. The van der Waals surface area contributed by atoms with E-state index in [-0.39, 0.29) is 35.7 Å². The van der Waals surface area contributed by atoms with Gasteiger partial charge in [0.2, 0.25) is 11.8 Å². The van der Waals surface area contributed by atoms with Crippen LogP contribution in [0.25, 0.3) is 33.6 Å². The van der Waals surface area contributed by atoms with E-state index < -0.39 is 46.4 Å². The van der Waals surface area contributed by atoms with Crippen molar-refractivity contribution in [3.63, 3.8) is 0 Å². The van der Waals surface area contributed by atoms with Gasteiger partial charge in [0, 0.05) is 19.3 Å². The number of methoxy groups -OCH3 is 2. The van der Waals surface area contributed by atoms with Crippen LogP contribution in [0.5, 0.6) is 0 Å². The Bertz CT molecular complexity index is 2710. The molecule has 2 aliphatic heterocycles. The molecular formula is C47H60N14O6S. The molecule has 0 saturated carbocycles. The molecule has 2 aromatic carbocycles. The maximum Gasteiger partial charge on any atom is 0.407 e. The summed E-state index contributed by atoms with van der Waals surface area (Å²) in [5.41, 5.74) is 5.48. The Hall–Kier alpha value is -7.03. The topological polar surface area (TPSA) is 236 Å². The zero-order valence-corrected chi connectivity index (χ0v) is 40.6. The first kappa shape index (κ1) is 47.5. The Morgan fingerprint density at radius 1 is 0.662 bits per heavy atom. The van der Waals surface area contributed by atoms with Gasteiger partial charge in [-0.15, -0.1) is 10.2 Å². The number of H-pyrrole nitrogens is 2. The fourth-order valence-electron chi connectivity index (χ4n) is 8.89. The van der Waals surface area contributed by atoms with E-state index in [1.165, 1.54) is 14.2 Å². The van der Waals surface area contributed by atoms with E-state index in [0.29, 0.717) is 37.6 Å². The summed E-state index contributed by atoms with van der Waals surface area (Å²) < 4.78 is 13.3. The molecule has 2 fully saturated rings. The first-order chi connectivity index (χ1) is 32.5. The maximum absolute atomic E-state index is 14.3. The summed E-state index contributed by atoms with van der Waals surface area (Å²) in [7, 11) is 1.44. The van der Waals surface area contributed by atoms with Crippen LogP contribution in [0.4, 0.5) is 9.59 Å². The number of amides is 4. The number of rotatable bonds is 14. The second-order valence-corrected chi connectivity index (χ2v) is 22.9. The number of ether oxygens (including phenoxy) is 2. The van der Waals surface area contributed by atoms with E-state index in [0.717, 1.165) is 38.7 Å². The average Bonchev–Trinajstić information content (AvgIpc) is 4.18. The lowest BCUT2D eigenvalue weighted by Gasteiger charge is -2.29. The molecule has 6 atom stereocenters. The van der Waals surface area contributed by atoms with Crippen molar-refractivity contribution in [2.45, 2.75) is 81.8 Å². The number of carbonyl (C=O) groups is 4. The molecule has 21 heteroatoms. The van der Waals surface area contributed by atoms with Gasteiger partial charge < -0.3 is 39.9 Å². The van der Waals surface area contributed by atoms with Crippen LogP contribution in [-0.4, -0.2) is 142 Å². The summed E-state index contributed by atoms with van der Waals surface area (Å²) in [5.74, 6) is 0.428. The second-order valence-electron chi connectivity index (χ2n) is 18.8. The number of hydrogen-bond donors (Lipinski definition) is 4. The molecule has 20 nitrogen and oxygen atoms in total. The van der Waals surface area contributed by atoms with Crippen molar-refractivity contribution < 1.29 is 28.7 Å². The molecule has 68 heavy (non-hydrogen) atoms. The number of imidazole rings is 2. The third-order valence-corrected chi connectivity index (χ3v) is 14.2. The monoisotopic (exact) mass is 948 g/mol. The predicted octanol–water partition coefficient (Wildman–Crippen LogP) is 6.16. The highest BCUT2D eigenvalue weighted by molar-refractivity contribution is 8.32. The SMILES string of the molecule is COC(=O)NC(C(=O)N1C[C@H](n2cc(S(C)(C)C)nn2)C[C@H]1c1ncc(-c2ccc(-c3ccc(-c4cnc([C@@H]5C[C@@H](n6ccnn6)CN5C(=O)[C@@H](NC(=O)OC)C(C)C)[nH]4)cc3)cc2)[nH]1)C(C)C. The Morgan fingerprint density at radius 2 is 1.10 bits per heavy atom. The maximum atomic E-state index is 14.3. The lowest BCUT2D eigenvalue weighted by Crippen LogP contribution is -2.51. The van der Waals surface area contributed by atoms with Crippen LogP contribution in [0.2, 0.25) is 0 Å². The van der Waals surface area contributed by atoms with Gasteiger partial charge in [0.05, 0.1) is 74.6 Å². The van der Waals surface area contributed by atoms with Crippen LogP contribution in [0.1, 0.15) is 76.4 Å². The number of nitrogens with one attached hydrogen (secondary N) is 4. The number of carbonyl (C=O) groups excluding carboxylic acids is 4. The Labute approximate surface area is 396 Å². The van der Waals surface area contributed by atoms with Gasteiger partial charge in [-0.25, -0.2) is 38.9 Å². The standard InChI is InChI=1S/C47H60N14O6S/c1-27(2)40(53-46(64)66-5)44(62)58-24-33(60-19-18-50-56-60)20-37(58)42-48-22-35(51-42)31-14-10-29(11-15-31)30-12-16-32(17-13-30)36-23-49-43(52-36)38-21-34(61-26-39(55-57-61)68(7,8)9)25-59(38)45(63)41(28(3)4)54-47(65)67-6/h10-19,22-23,26-28,33-34,37-38,40-41H,20-21,24-25H2,1-9H3,(H,48,51)(H,49,52)(H,53,64)(H,54,65)/t33-,34-,37+,38+,40+,41?/m1/s1. The molecule has 6 heterocycles. The molecule has 1 unspecified atom stereocenters. The predicted molar refractivity (Wildman–Crippen MR) is 255 cm³/mol. The molecule has 0 spiro atoms. The van der Waals surface area contributed by atoms with E-state index in [1.807, 2.05) is 62.8 Å². The first-order valence-electron chi connectivity index (χ1n) is 22.6. The molecule has 4 N–H and O–H groups in total. The third-order valence-electron chi connectivity index (χ3n) is 12.8. The van der Waals surface area contributed by atoms with Crippen LogP contribution >= 0.6 is 10.0 Å². The van der Waals surface area contributed by atoms with Crippen molar-refractivity contribution in [3.8, 4) is 33.6 Å². The summed E-state index contributed by atoms with van der Waals surface area (Å²) >= 11 is 0. The minimum absolute atomic E-state index is 0.136. The van der Waals surface area contributed by atoms with Crippen LogP contribution < -0.4 is 10.6 Å². The van der Waals surface area contributed by atoms with E-state index in [1.54, 1.807) is 39.3 Å². The van der Waals surface area contributed by atoms with Crippen molar-refractivity contribution in [1.29, 1.82) is 0 Å². The molecule has 0 bridgehead atoms. The molecular weight excluding hydrogens is 889 g/mol. The summed E-state index contributed by atoms with van der Waals surface area (Å²) in [5, 5.41) is 23.5. The fraction of sp³-hybridized carbons (Fsp3) is 0.447. The smallest absolute Gasteiger partial charge is 0.407 e. The van der Waals surface area contributed by atoms with E-state index in [9.17, 15) is 19.2 Å². The lowest BCUT2D eigenvalue weighted by atomic mass is 10.0. The lowest BCUT2D eigenvalue weighted by molar-refractivity contribution is -0.136. The van der Waals surface area contributed by atoms with Crippen molar-refractivity contribution in [2.75, 3.05) is 46.1 Å². The van der Waals surface area contributed by atoms with Crippen molar-refractivity contribution >= 4 is 34.0 Å². The van der Waals surface area contributed by atoms with Gasteiger partial charge in [0.15, 0.2) is 0 Å². The highest BCUT2D eigenvalue weighted by Crippen LogP contribution is 2.45. The summed E-state index contributed by atoms with van der Waals surface area (Å²) in [6.45, 7) is 8.27. The number of aromatic amines is 2. The number of hydrogen-bond acceptors (Lipinski definition) is 12. The number of nitrogens with zero attached hydrogens (tertiary/aromatic N) is 10. The van der Waals surface area contributed by atoms with Crippen LogP contribution in [0, 0.1) is 11.8 Å². The second kappa shape index (κ2) is 19.7. The van der Waals surface area contributed by atoms with Crippen molar-refractivity contribution in [2.24, 2.45) is 11.8 Å². The summed E-state index contributed by atoms with van der Waals surface area (Å²) in [4.78, 5) is 72.9. The van der Waals surface area contributed by atoms with Gasteiger partial charge in [-0.2, -0.15) is 0 Å². The number of aromatic nitrogens is 10. The van der Waals surface area contributed by atoms with Crippen molar-refractivity contribution in [1.82, 2.24) is 70.4 Å². The largest absolute Gasteiger partial charge is 0.453 e. The number of likely N-dealkylation sites (tertiary alicyclic amines) is 2. The molecule has 0 radical (unpaired) electrons. The summed E-state index contributed by atoms with van der Waals surface area (Å²) in [6.07, 6.45) is 15.2. The fourth-order valence-corrected chi connectivity index (χ4v) is 9.60. The zero-order valence-electron chi connectivity index (χ0n) is 39.8. The van der Waals surface area contributed by atoms with Gasteiger partial charge >= 0.3 is 12.2 Å². The normalized spacial score (nSPS) is 19.6. The molecule has 360 valence electrons. The summed E-state index contributed by atoms with van der Waals surface area (Å²) in [6, 6.07) is 13.7. The minimum atomic E-state index is -1.11. The zero-order chi connectivity index (χ0) is 48.4. The quantitative estimate of drug-likeness (QED) is 0.0961. The highest BCUT2D eigenvalue weighted by Gasteiger charge is 2.44. The van der Waals surface area contributed by atoms with Gasteiger partial charge in [0.25, 0.3) is 0 Å². The van der Waals surface area contributed by atoms with Crippen LogP contribution in [0.3, 0.4) is 0 Å². The van der Waals surface area contributed by atoms with Gasteiger partial charge in [-0.3, -0.25) is 9.59 Å². The third kappa shape index (κ3) is 9.97. The molecule has 2 saturated heterocycles. The Kier molecular flexibility index (Phi) is 13.7. The first-order valence-corrected chi connectivity index (χ1v) is 25.5. The number of benzene rings is 2. The van der Waals surface area contributed by atoms with Crippen molar-refractivity contribution in [3.05, 3.63) is 91.2 Å². The van der Waals surface area contributed by atoms with Gasteiger partial charge in [-0.1, -0.05) is 86.7 Å². The Balaban J connectivity index is 0.982. The molecule has 2 aliphatic rings. The molecule has 4 aromatic heterocycles. The van der Waals surface area contributed by atoms with Gasteiger partial charge in [-0.05, 0) is 65.7 Å². The highest BCUT2D eigenvalue weighted by atomic mass is 32.3. The molecule has 8 rings (SSSR count). The van der Waals surface area contributed by atoms with Crippen LogP contribution in [0.15, 0.2) is 84.5 Å². The molecule has 4 amide bonds. The Morgan fingerprint density at radius 3 is 1.49 bits per heavy atom. The van der Waals surface area contributed by atoms with E-state index >= 15 is 0 Å².